The number of rotatable bonds is 6. The van der Waals surface area contributed by atoms with Gasteiger partial charge < -0.3 is 14.9 Å². The Morgan fingerprint density at radius 3 is 2.74 bits per heavy atom. The van der Waals surface area contributed by atoms with Crippen LogP contribution >= 0.6 is 11.6 Å². The van der Waals surface area contributed by atoms with Crippen molar-refractivity contribution in [2.75, 3.05) is 20.8 Å². The van der Waals surface area contributed by atoms with Crippen LogP contribution in [-0.4, -0.2) is 38.6 Å². The minimum absolute atomic E-state index is 0.159. The van der Waals surface area contributed by atoms with Gasteiger partial charge >= 0.3 is 0 Å². The molecule has 3 rings (SSSR count). The van der Waals surface area contributed by atoms with Gasteiger partial charge in [-0.3, -0.25) is 4.79 Å². The van der Waals surface area contributed by atoms with Crippen LogP contribution in [0.15, 0.2) is 52.7 Å². The molecule has 0 spiro atoms. The van der Waals surface area contributed by atoms with E-state index in [4.69, 9.17) is 21.1 Å². The maximum absolute atomic E-state index is 12.5. The predicted octanol–water partition coefficient (Wildman–Crippen LogP) is 2.55. The largest absolute Gasteiger partial charge is 0.497 e. The molecule has 0 radical (unpaired) electrons. The summed E-state index contributed by atoms with van der Waals surface area (Å²) in [5.41, 5.74) is 7.41. The smallest absolute Gasteiger partial charge is 0.288 e. The molecule has 140 valence electrons. The predicted molar refractivity (Wildman–Crippen MR) is 105 cm³/mol. The van der Waals surface area contributed by atoms with Gasteiger partial charge in [0, 0.05) is 23.2 Å². The van der Waals surface area contributed by atoms with Gasteiger partial charge in [-0.1, -0.05) is 23.7 Å². The second kappa shape index (κ2) is 8.55. The number of halogens is 1. The summed E-state index contributed by atoms with van der Waals surface area (Å²) in [4.78, 5) is 12.5. The third-order valence-corrected chi connectivity index (χ3v) is 4.39. The van der Waals surface area contributed by atoms with Gasteiger partial charge in [0.1, 0.15) is 17.2 Å². The number of carbonyl (C=O) groups is 1. The van der Waals surface area contributed by atoms with Gasteiger partial charge in [0.2, 0.25) is 0 Å². The monoisotopic (exact) mass is 386 g/mol. The van der Waals surface area contributed by atoms with E-state index in [1.165, 1.54) is 6.21 Å². The van der Waals surface area contributed by atoms with Gasteiger partial charge in [-0.15, -0.1) is 0 Å². The van der Waals surface area contributed by atoms with Crippen molar-refractivity contribution in [3.63, 3.8) is 0 Å². The Labute approximate surface area is 162 Å². The van der Waals surface area contributed by atoms with E-state index in [-0.39, 0.29) is 11.8 Å². The van der Waals surface area contributed by atoms with Crippen LogP contribution in [0.25, 0.3) is 0 Å². The Morgan fingerprint density at radius 2 is 2.04 bits per heavy atom. The highest BCUT2D eigenvalue weighted by Crippen LogP contribution is 2.24. The molecule has 1 amide bonds. The molecule has 0 bridgehead atoms. The summed E-state index contributed by atoms with van der Waals surface area (Å²) in [5, 5.41) is 8.77. The van der Waals surface area contributed by atoms with Crippen LogP contribution in [0.5, 0.6) is 11.5 Å². The van der Waals surface area contributed by atoms with Crippen molar-refractivity contribution in [2.24, 2.45) is 10.2 Å². The lowest BCUT2D eigenvalue weighted by Crippen LogP contribution is -2.30. The molecule has 0 aromatic heterocycles. The summed E-state index contributed by atoms with van der Waals surface area (Å²) >= 11 is 5.93. The zero-order chi connectivity index (χ0) is 19.2. The molecular weight excluding hydrogens is 368 g/mol. The first-order valence-electron chi connectivity index (χ1n) is 8.23. The molecule has 2 aromatic carbocycles. The number of amides is 1. The SMILES string of the molecule is COc1ccc(/C=N/NC(=O)C2=NNCC2c2ccc(Cl)cc2)c(OC)c1. The number of ether oxygens (including phenoxy) is 2. The molecule has 1 aliphatic heterocycles. The second-order valence-corrected chi connectivity index (χ2v) is 6.21. The van der Waals surface area contributed by atoms with Gasteiger partial charge in [-0.05, 0) is 29.8 Å². The fourth-order valence-electron chi connectivity index (χ4n) is 2.72. The number of hydrogen-bond acceptors (Lipinski definition) is 6. The number of hydrazone groups is 2. The first-order valence-corrected chi connectivity index (χ1v) is 8.61. The van der Waals surface area contributed by atoms with E-state index < -0.39 is 0 Å². The third-order valence-electron chi connectivity index (χ3n) is 4.14. The second-order valence-electron chi connectivity index (χ2n) is 5.77. The van der Waals surface area contributed by atoms with Crippen LogP contribution in [0, 0.1) is 0 Å². The Bertz CT molecular complexity index is 881. The highest BCUT2D eigenvalue weighted by atomic mass is 35.5. The standard InChI is InChI=1S/C19H19ClN4O3/c1-26-15-8-5-13(17(9-15)27-2)10-21-24-19(25)18-16(11-22-23-18)12-3-6-14(20)7-4-12/h3-10,16,22H,11H2,1-2H3,(H,24,25)/b21-10+. The van der Waals surface area contributed by atoms with Crippen LogP contribution in [-0.2, 0) is 4.79 Å². The molecule has 0 fully saturated rings. The summed E-state index contributed by atoms with van der Waals surface area (Å²) in [6.07, 6.45) is 1.51. The molecule has 2 N–H and O–H groups in total. The third kappa shape index (κ3) is 4.38. The topological polar surface area (TPSA) is 84.3 Å². The number of carbonyl (C=O) groups excluding carboxylic acids is 1. The lowest BCUT2D eigenvalue weighted by atomic mass is 9.94. The average molecular weight is 387 g/mol. The first kappa shape index (κ1) is 18.7. The lowest BCUT2D eigenvalue weighted by molar-refractivity contribution is -0.114. The molecular formula is C19H19ClN4O3. The van der Waals surface area contributed by atoms with Crippen LogP contribution in [0.4, 0.5) is 0 Å². The summed E-state index contributed by atoms with van der Waals surface area (Å²) < 4.78 is 10.5. The van der Waals surface area contributed by atoms with Crippen LogP contribution in [0.2, 0.25) is 5.02 Å². The molecule has 2 aromatic rings. The lowest BCUT2D eigenvalue weighted by Gasteiger charge is -2.11. The van der Waals surface area contributed by atoms with E-state index in [1.54, 1.807) is 44.6 Å². The van der Waals surface area contributed by atoms with Crippen molar-refractivity contribution in [2.45, 2.75) is 5.92 Å². The molecule has 1 aliphatic rings. The highest BCUT2D eigenvalue weighted by Gasteiger charge is 2.28. The number of hydrogen-bond donors (Lipinski definition) is 2. The molecule has 0 saturated heterocycles. The number of nitrogens with one attached hydrogen (secondary N) is 2. The minimum atomic E-state index is -0.372. The molecule has 1 atom stereocenters. The zero-order valence-electron chi connectivity index (χ0n) is 14.9. The van der Waals surface area contributed by atoms with E-state index in [0.717, 1.165) is 5.56 Å². The maximum Gasteiger partial charge on any atom is 0.288 e. The molecule has 0 saturated carbocycles. The molecule has 1 unspecified atom stereocenters. The van der Waals surface area contributed by atoms with Gasteiger partial charge in [-0.25, -0.2) is 5.43 Å². The Kier molecular flexibility index (Phi) is 5.93. The molecule has 1 heterocycles. The van der Waals surface area contributed by atoms with E-state index in [0.29, 0.717) is 34.3 Å². The van der Waals surface area contributed by atoms with Crippen molar-refractivity contribution >= 4 is 29.4 Å². The van der Waals surface area contributed by atoms with Crippen LogP contribution < -0.4 is 20.3 Å². The van der Waals surface area contributed by atoms with E-state index in [2.05, 4.69) is 21.1 Å². The van der Waals surface area contributed by atoms with E-state index >= 15 is 0 Å². The molecule has 27 heavy (non-hydrogen) atoms. The molecule has 7 nitrogen and oxygen atoms in total. The Balaban J connectivity index is 1.68. The van der Waals surface area contributed by atoms with Crippen LogP contribution in [0.1, 0.15) is 17.0 Å². The van der Waals surface area contributed by atoms with Gasteiger partial charge in [0.05, 0.1) is 26.4 Å². The number of nitrogens with zero attached hydrogens (tertiary/aromatic N) is 2. The van der Waals surface area contributed by atoms with Gasteiger partial charge in [0.25, 0.3) is 5.91 Å². The van der Waals surface area contributed by atoms with E-state index in [9.17, 15) is 4.79 Å². The summed E-state index contributed by atoms with van der Waals surface area (Å²) in [6, 6.07) is 12.7. The summed E-state index contributed by atoms with van der Waals surface area (Å²) in [6.45, 7) is 0.542. The van der Waals surface area contributed by atoms with Crippen molar-refractivity contribution in [3.05, 3.63) is 58.6 Å². The number of benzene rings is 2. The maximum atomic E-state index is 12.5. The van der Waals surface area contributed by atoms with Gasteiger partial charge in [-0.2, -0.15) is 10.2 Å². The van der Waals surface area contributed by atoms with Crippen molar-refractivity contribution in [1.29, 1.82) is 0 Å². The van der Waals surface area contributed by atoms with Crippen molar-refractivity contribution in [1.82, 2.24) is 10.9 Å². The van der Waals surface area contributed by atoms with Crippen molar-refractivity contribution in [3.8, 4) is 11.5 Å². The fraction of sp³-hybridized carbons (Fsp3) is 0.211. The first-order chi connectivity index (χ1) is 13.1. The van der Waals surface area contributed by atoms with Gasteiger partial charge in [0.15, 0.2) is 0 Å². The average Bonchev–Trinajstić information content (AvgIpc) is 3.18. The Morgan fingerprint density at radius 1 is 1.26 bits per heavy atom. The summed E-state index contributed by atoms with van der Waals surface area (Å²) in [7, 11) is 3.14. The zero-order valence-corrected chi connectivity index (χ0v) is 15.7. The van der Waals surface area contributed by atoms with Crippen molar-refractivity contribution < 1.29 is 14.3 Å². The van der Waals surface area contributed by atoms with E-state index in [1.807, 2.05) is 12.1 Å². The Hall–Kier alpha value is -3.06. The molecule has 0 aliphatic carbocycles. The summed E-state index contributed by atoms with van der Waals surface area (Å²) in [5.74, 6) is 0.730. The highest BCUT2D eigenvalue weighted by molar-refractivity contribution is 6.41. The molecule has 8 heteroatoms. The fourth-order valence-corrected chi connectivity index (χ4v) is 2.85. The number of methoxy groups -OCH3 is 2. The minimum Gasteiger partial charge on any atom is -0.497 e. The quantitative estimate of drug-likeness (QED) is 0.590. The normalized spacial score (nSPS) is 16.0. The van der Waals surface area contributed by atoms with Crippen LogP contribution in [0.3, 0.4) is 0 Å².